The van der Waals surface area contributed by atoms with E-state index >= 15 is 0 Å². The minimum atomic E-state index is 0.511. The van der Waals surface area contributed by atoms with Gasteiger partial charge in [-0.3, -0.25) is 0 Å². The van der Waals surface area contributed by atoms with Crippen molar-refractivity contribution in [3.8, 4) is 0 Å². The topological polar surface area (TPSA) is 33.3 Å². The summed E-state index contributed by atoms with van der Waals surface area (Å²) in [4.78, 5) is 0. The summed E-state index contributed by atoms with van der Waals surface area (Å²) in [5, 5.41) is 6.69. The summed E-state index contributed by atoms with van der Waals surface area (Å²) in [5.41, 5.74) is 0. The Morgan fingerprint density at radius 2 is 2.23 bits per heavy atom. The number of ether oxygens (including phenoxy) is 1. The van der Waals surface area contributed by atoms with Crippen LogP contribution in [0.2, 0.25) is 0 Å². The van der Waals surface area contributed by atoms with Gasteiger partial charge in [0, 0.05) is 26.2 Å². The van der Waals surface area contributed by atoms with Crippen LogP contribution in [0.5, 0.6) is 0 Å². The van der Waals surface area contributed by atoms with E-state index in [2.05, 4.69) is 24.1 Å². The fourth-order valence-corrected chi connectivity index (χ4v) is 0.997. The normalized spacial score (nSPS) is 12.8. The van der Waals surface area contributed by atoms with Crippen LogP contribution < -0.4 is 10.6 Å². The highest BCUT2D eigenvalue weighted by molar-refractivity contribution is 4.70. The van der Waals surface area contributed by atoms with Crippen LogP contribution in [-0.2, 0) is 4.74 Å². The van der Waals surface area contributed by atoms with Crippen molar-refractivity contribution < 1.29 is 4.74 Å². The number of nitrogens with one attached hydrogen (secondary N) is 2. The first-order valence-corrected chi connectivity index (χ1v) is 4.85. The first kappa shape index (κ1) is 12.6. The first-order valence-electron chi connectivity index (χ1n) is 4.85. The van der Waals surface area contributed by atoms with E-state index in [-0.39, 0.29) is 0 Å². The SMILES string of the molecule is C=CCCNC(C)CNCCOC. The molecule has 0 amide bonds. The van der Waals surface area contributed by atoms with Gasteiger partial charge in [-0.1, -0.05) is 6.08 Å². The zero-order chi connectivity index (χ0) is 9.94. The standard InChI is InChI=1S/C10H22N2O/c1-4-5-6-12-10(2)9-11-7-8-13-3/h4,10-12H,1,5-9H2,2-3H3. The highest BCUT2D eigenvalue weighted by atomic mass is 16.5. The lowest BCUT2D eigenvalue weighted by Gasteiger charge is -2.13. The van der Waals surface area contributed by atoms with Crippen molar-refractivity contribution in [3.63, 3.8) is 0 Å². The average Bonchev–Trinajstić information content (AvgIpc) is 2.13. The molecule has 0 rings (SSSR count). The maximum Gasteiger partial charge on any atom is 0.0587 e. The smallest absolute Gasteiger partial charge is 0.0587 e. The molecular formula is C10H22N2O. The summed E-state index contributed by atoms with van der Waals surface area (Å²) in [6.45, 7) is 9.54. The zero-order valence-corrected chi connectivity index (χ0v) is 8.81. The van der Waals surface area contributed by atoms with E-state index in [4.69, 9.17) is 4.74 Å². The molecule has 1 unspecified atom stereocenters. The van der Waals surface area contributed by atoms with E-state index in [0.717, 1.165) is 32.7 Å². The van der Waals surface area contributed by atoms with Crippen molar-refractivity contribution in [1.82, 2.24) is 10.6 Å². The van der Waals surface area contributed by atoms with E-state index in [1.54, 1.807) is 7.11 Å². The highest BCUT2D eigenvalue weighted by Gasteiger charge is 1.97. The predicted molar refractivity (Wildman–Crippen MR) is 57.0 cm³/mol. The molecule has 0 aromatic carbocycles. The van der Waals surface area contributed by atoms with Crippen LogP contribution in [0.4, 0.5) is 0 Å². The minimum absolute atomic E-state index is 0.511. The van der Waals surface area contributed by atoms with Crippen molar-refractivity contribution in [1.29, 1.82) is 0 Å². The van der Waals surface area contributed by atoms with Gasteiger partial charge in [-0.2, -0.15) is 0 Å². The second kappa shape index (κ2) is 9.71. The molecule has 0 aromatic rings. The molecule has 0 spiro atoms. The second-order valence-corrected chi connectivity index (χ2v) is 3.13. The van der Waals surface area contributed by atoms with Crippen molar-refractivity contribution in [3.05, 3.63) is 12.7 Å². The van der Waals surface area contributed by atoms with Crippen LogP contribution in [0.15, 0.2) is 12.7 Å². The van der Waals surface area contributed by atoms with Gasteiger partial charge in [-0.05, 0) is 19.9 Å². The van der Waals surface area contributed by atoms with Crippen molar-refractivity contribution in [2.45, 2.75) is 19.4 Å². The Bertz CT molecular complexity index is 117. The van der Waals surface area contributed by atoms with Gasteiger partial charge in [-0.25, -0.2) is 0 Å². The van der Waals surface area contributed by atoms with Gasteiger partial charge in [0.1, 0.15) is 0 Å². The molecule has 0 aromatic heterocycles. The molecule has 3 nitrogen and oxygen atoms in total. The monoisotopic (exact) mass is 186 g/mol. The molecule has 0 radical (unpaired) electrons. The quantitative estimate of drug-likeness (QED) is 0.412. The highest BCUT2D eigenvalue weighted by Crippen LogP contribution is 1.81. The molecule has 78 valence electrons. The summed E-state index contributed by atoms with van der Waals surface area (Å²) < 4.78 is 4.93. The molecule has 0 fully saturated rings. The number of hydrogen-bond acceptors (Lipinski definition) is 3. The zero-order valence-electron chi connectivity index (χ0n) is 8.81. The van der Waals surface area contributed by atoms with Gasteiger partial charge >= 0.3 is 0 Å². The molecule has 2 N–H and O–H groups in total. The van der Waals surface area contributed by atoms with Crippen LogP contribution in [-0.4, -0.2) is 39.4 Å². The second-order valence-electron chi connectivity index (χ2n) is 3.13. The molecule has 0 heterocycles. The van der Waals surface area contributed by atoms with Gasteiger partial charge in [-0.15, -0.1) is 6.58 Å². The Morgan fingerprint density at radius 1 is 1.46 bits per heavy atom. The van der Waals surface area contributed by atoms with Gasteiger partial charge in [0.25, 0.3) is 0 Å². The molecule has 0 saturated heterocycles. The van der Waals surface area contributed by atoms with Crippen LogP contribution in [0, 0.1) is 0 Å². The van der Waals surface area contributed by atoms with Crippen LogP contribution in [0.3, 0.4) is 0 Å². The largest absolute Gasteiger partial charge is 0.383 e. The van der Waals surface area contributed by atoms with Crippen molar-refractivity contribution >= 4 is 0 Å². The summed E-state index contributed by atoms with van der Waals surface area (Å²) in [6.07, 6.45) is 2.96. The molecular weight excluding hydrogens is 164 g/mol. The number of hydrogen-bond donors (Lipinski definition) is 2. The lowest BCUT2D eigenvalue weighted by Crippen LogP contribution is -2.37. The molecule has 0 aliphatic rings. The Labute approximate surface area is 81.5 Å². The van der Waals surface area contributed by atoms with Gasteiger partial charge in [0.05, 0.1) is 6.61 Å². The van der Waals surface area contributed by atoms with Crippen molar-refractivity contribution in [2.24, 2.45) is 0 Å². The molecule has 0 aliphatic heterocycles. The fraction of sp³-hybridized carbons (Fsp3) is 0.800. The molecule has 13 heavy (non-hydrogen) atoms. The molecule has 3 heteroatoms. The molecule has 0 bridgehead atoms. The Balaban J connectivity index is 3.09. The van der Waals surface area contributed by atoms with Crippen LogP contribution >= 0.6 is 0 Å². The minimum Gasteiger partial charge on any atom is -0.383 e. The van der Waals surface area contributed by atoms with E-state index in [1.807, 2.05) is 6.08 Å². The maximum absolute atomic E-state index is 4.93. The third-order valence-corrected chi connectivity index (χ3v) is 1.77. The van der Waals surface area contributed by atoms with Gasteiger partial charge in [0.2, 0.25) is 0 Å². The van der Waals surface area contributed by atoms with Crippen LogP contribution in [0.25, 0.3) is 0 Å². The summed E-state index contributed by atoms with van der Waals surface area (Å²) in [5.74, 6) is 0. The first-order chi connectivity index (χ1) is 6.31. The Hall–Kier alpha value is -0.380. The van der Waals surface area contributed by atoms with Crippen molar-refractivity contribution in [2.75, 3.05) is 33.4 Å². The summed E-state index contributed by atoms with van der Waals surface area (Å²) in [6, 6.07) is 0.511. The predicted octanol–water partition coefficient (Wildman–Crippen LogP) is 0.777. The molecule has 1 atom stereocenters. The van der Waals surface area contributed by atoms with E-state index in [1.165, 1.54) is 0 Å². The van der Waals surface area contributed by atoms with Gasteiger partial charge < -0.3 is 15.4 Å². The fourth-order valence-electron chi connectivity index (χ4n) is 0.997. The number of rotatable bonds is 9. The van der Waals surface area contributed by atoms with Gasteiger partial charge in [0.15, 0.2) is 0 Å². The molecule has 0 saturated carbocycles. The number of methoxy groups -OCH3 is 1. The Morgan fingerprint density at radius 3 is 2.85 bits per heavy atom. The van der Waals surface area contributed by atoms with E-state index in [0.29, 0.717) is 6.04 Å². The Kier molecular flexibility index (Phi) is 9.42. The van der Waals surface area contributed by atoms with E-state index < -0.39 is 0 Å². The molecule has 0 aliphatic carbocycles. The van der Waals surface area contributed by atoms with Crippen LogP contribution in [0.1, 0.15) is 13.3 Å². The maximum atomic E-state index is 4.93. The average molecular weight is 186 g/mol. The lowest BCUT2D eigenvalue weighted by atomic mass is 10.3. The summed E-state index contributed by atoms with van der Waals surface area (Å²) >= 11 is 0. The van der Waals surface area contributed by atoms with E-state index in [9.17, 15) is 0 Å². The summed E-state index contributed by atoms with van der Waals surface area (Å²) in [7, 11) is 1.72. The third kappa shape index (κ3) is 9.53. The third-order valence-electron chi connectivity index (χ3n) is 1.77. The lowest BCUT2D eigenvalue weighted by molar-refractivity contribution is 0.198.